The lowest BCUT2D eigenvalue weighted by molar-refractivity contribution is 0.00284. The van der Waals surface area contributed by atoms with Gasteiger partial charge in [0.05, 0.1) is 12.2 Å². The molecule has 1 aliphatic rings. The van der Waals surface area contributed by atoms with Crippen LogP contribution in [0.15, 0.2) is 0 Å². The molecule has 1 rings (SSSR count). The summed E-state index contributed by atoms with van der Waals surface area (Å²) in [5, 5.41) is 27.4. The van der Waals surface area contributed by atoms with Gasteiger partial charge in [0.25, 0.3) is 0 Å². The molecule has 1 saturated carbocycles. The summed E-state index contributed by atoms with van der Waals surface area (Å²) in [6.45, 7) is 2.02. The quantitative estimate of drug-likeness (QED) is 0.522. The van der Waals surface area contributed by atoms with Gasteiger partial charge in [-0.05, 0) is 24.7 Å². The van der Waals surface area contributed by atoms with Crippen molar-refractivity contribution in [1.82, 2.24) is 0 Å². The largest absolute Gasteiger partial charge is 0.396 e. The molecule has 66 valence electrons. The molecular weight excluding hydrogens is 144 g/mol. The standard InChI is InChI=1S/C8H16O3/c1-5-4-6(2-3-9)8(11)7(5)10/h5-11H,2-4H2,1H3/t5-,6+,7+,8-/m1/s1. The SMILES string of the molecule is C[C@@H]1C[C@H](CCO)[C@@H](O)[C@H]1O. The van der Waals surface area contributed by atoms with Gasteiger partial charge in [0.1, 0.15) is 0 Å². The summed E-state index contributed by atoms with van der Waals surface area (Å²) in [5.41, 5.74) is 0. The molecule has 0 unspecified atom stereocenters. The van der Waals surface area contributed by atoms with Crippen LogP contribution in [0.5, 0.6) is 0 Å². The third kappa shape index (κ3) is 1.72. The van der Waals surface area contributed by atoms with Gasteiger partial charge in [-0.25, -0.2) is 0 Å². The van der Waals surface area contributed by atoms with Gasteiger partial charge < -0.3 is 15.3 Å². The Kier molecular flexibility index (Phi) is 2.87. The Labute approximate surface area is 66.7 Å². The van der Waals surface area contributed by atoms with Gasteiger partial charge in [0.15, 0.2) is 0 Å². The first-order valence-corrected chi connectivity index (χ1v) is 4.13. The van der Waals surface area contributed by atoms with Gasteiger partial charge in [-0.1, -0.05) is 6.92 Å². The van der Waals surface area contributed by atoms with Gasteiger partial charge >= 0.3 is 0 Å². The van der Waals surface area contributed by atoms with Crippen LogP contribution in [0, 0.1) is 11.8 Å². The van der Waals surface area contributed by atoms with Crippen LogP contribution < -0.4 is 0 Å². The highest BCUT2D eigenvalue weighted by Crippen LogP contribution is 2.33. The summed E-state index contributed by atoms with van der Waals surface area (Å²) >= 11 is 0. The van der Waals surface area contributed by atoms with E-state index in [2.05, 4.69) is 0 Å². The smallest absolute Gasteiger partial charge is 0.0830 e. The van der Waals surface area contributed by atoms with Crippen molar-refractivity contribution in [3.05, 3.63) is 0 Å². The second-order valence-electron chi connectivity index (χ2n) is 3.47. The van der Waals surface area contributed by atoms with Gasteiger partial charge in [0, 0.05) is 6.61 Å². The molecule has 0 bridgehead atoms. The lowest BCUT2D eigenvalue weighted by Crippen LogP contribution is -2.27. The molecule has 0 aromatic carbocycles. The molecule has 0 saturated heterocycles. The molecule has 0 amide bonds. The summed E-state index contributed by atoms with van der Waals surface area (Å²) < 4.78 is 0. The lowest BCUT2D eigenvalue weighted by Gasteiger charge is -2.14. The van der Waals surface area contributed by atoms with E-state index in [9.17, 15) is 10.2 Å². The fourth-order valence-electron chi connectivity index (χ4n) is 1.83. The van der Waals surface area contributed by atoms with E-state index in [4.69, 9.17) is 5.11 Å². The zero-order valence-electron chi connectivity index (χ0n) is 6.77. The van der Waals surface area contributed by atoms with Crippen LogP contribution in [0.1, 0.15) is 19.8 Å². The molecule has 0 heterocycles. The molecule has 4 atom stereocenters. The van der Waals surface area contributed by atoms with Crippen molar-refractivity contribution in [1.29, 1.82) is 0 Å². The summed E-state index contributed by atoms with van der Waals surface area (Å²) in [6, 6.07) is 0. The molecule has 3 nitrogen and oxygen atoms in total. The zero-order chi connectivity index (χ0) is 8.43. The predicted octanol–water partition coefficient (Wildman–Crippen LogP) is -0.253. The number of aliphatic hydroxyl groups is 3. The Morgan fingerprint density at radius 1 is 1.27 bits per heavy atom. The lowest BCUT2D eigenvalue weighted by atomic mass is 10.0. The molecule has 0 aromatic heterocycles. The van der Waals surface area contributed by atoms with Crippen molar-refractivity contribution in [2.24, 2.45) is 11.8 Å². The van der Waals surface area contributed by atoms with Crippen molar-refractivity contribution in [3.63, 3.8) is 0 Å². The molecule has 3 heteroatoms. The van der Waals surface area contributed by atoms with Crippen molar-refractivity contribution >= 4 is 0 Å². The third-order valence-corrected chi connectivity index (χ3v) is 2.59. The van der Waals surface area contributed by atoms with Crippen LogP contribution in [0.25, 0.3) is 0 Å². The van der Waals surface area contributed by atoms with Gasteiger partial charge in [0.2, 0.25) is 0 Å². The summed E-state index contributed by atoms with van der Waals surface area (Å²) in [7, 11) is 0. The van der Waals surface area contributed by atoms with E-state index in [1.807, 2.05) is 6.92 Å². The molecule has 1 fully saturated rings. The normalized spacial score (nSPS) is 44.7. The maximum atomic E-state index is 9.40. The molecule has 11 heavy (non-hydrogen) atoms. The Morgan fingerprint density at radius 2 is 1.91 bits per heavy atom. The van der Waals surface area contributed by atoms with E-state index in [0.29, 0.717) is 6.42 Å². The van der Waals surface area contributed by atoms with Gasteiger partial charge in [-0.2, -0.15) is 0 Å². The molecule has 0 radical (unpaired) electrons. The monoisotopic (exact) mass is 160 g/mol. The molecule has 1 aliphatic carbocycles. The van der Waals surface area contributed by atoms with Crippen molar-refractivity contribution in [3.8, 4) is 0 Å². The van der Waals surface area contributed by atoms with Gasteiger partial charge in [-0.3, -0.25) is 0 Å². The van der Waals surface area contributed by atoms with Crippen LogP contribution >= 0.6 is 0 Å². The van der Waals surface area contributed by atoms with Crippen LogP contribution in [0.4, 0.5) is 0 Å². The van der Waals surface area contributed by atoms with Crippen LogP contribution in [-0.4, -0.2) is 34.1 Å². The summed E-state index contributed by atoms with van der Waals surface area (Å²) in [6.07, 6.45) is 0.203. The fourth-order valence-corrected chi connectivity index (χ4v) is 1.83. The second kappa shape index (κ2) is 3.52. The summed E-state index contributed by atoms with van der Waals surface area (Å²) in [4.78, 5) is 0. The van der Waals surface area contributed by atoms with Crippen LogP contribution in [0.3, 0.4) is 0 Å². The topological polar surface area (TPSA) is 60.7 Å². The average Bonchev–Trinajstić information content (AvgIpc) is 2.19. The molecular formula is C8H16O3. The van der Waals surface area contributed by atoms with E-state index in [0.717, 1.165) is 6.42 Å². The average molecular weight is 160 g/mol. The number of aliphatic hydroxyl groups excluding tert-OH is 3. The Morgan fingerprint density at radius 3 is 2.27 bits per heavy atom. The minimum Gasteiger partial charge on any atom is -0.396 e. The number of hydrogen-bond donors (Lipinski definition) is 3. The van der Waals surface area contributed by atoms with Crippen molar-refractivity contribution in [2.45, 2.75) is 32.0 Å². The van der Waals surface area contributed by atoms with E-state index in [1.54, 1.807) is 0 Å². The van der Waals surface area contributed by atoms with E-state index < -0.39 is 12.2 Å². The van der Waals surface area contributed by atoms with Crippen molar-refractivity contribution in [2.75, 3.05) is 6.61 Å². The number of rotatable bonds is 2. The summed E-state index contributed by atoms with van der Waals surface area (Å²) in [5.74, 6) is 0.256. The Balaban J connectivity index is 2.45. The van der Waals surface area contributed by atoms with E-state index in [-0.39, 0.29) is 18.4 Å². The maximum absolute atomic E-state index is 9.40. The maximum Gasteiger partial charge on any atom is 0.0830 e. The molecule has 3 N–H and O–H groups in total. The fraction of sp³-hybridized carbons (Fsp3) is 1.00. The highest BCUT2D eigenvalue weighted by molar-refractivity contribution is 4.88. The third-order valence-electron chi connectivity index (χ3n) is 2.59. The molecule has 0 aliphatic heterocycles. The predicted molar refractivity (Wildman–Crippen MR) is 41.0 cm³/mol. The second-order valence-corrected chi connectivity index (χ2v) is 3.47. The minimum atomic E-state index is -0.628. The van der Waals surface area contributed by atoms with E-state index >= 15 is 0 Å². The number of hydrogen-bond acceptors (Lipinski definition) is 3. The first-order chi connectivity index (χ1) is 5.16. The first-order valence-electron chi connectivity index (χ1n) is 4.13. The Bertz CT molecular complexity index is 127. The van der Waals surface area contributed by atoms with E-state index in [1.165, 1.54) is 0 Å². The minimum absolute atomic E-state index is 0.0880. The highest BCUT2D eigenvalue weighted by Gasteiger charge is 2.38. The Hall–Kier alpha value is -0.120. The van der Waals surface area contributed by atoms with Crippen LogP contribution in [0.2, 0.25) is 0 Å². The highest BCUT2D eigenvalue weighted by atomic mass is 16.3. The molecule has 0 aromatic rings. The first kappa shape index (κ1) is 8.97. The zero-order valence-corrected chi connectivity index (χ0v) is 6.77. The van der Waals surface area contributed by atoms with Gasteiger partial charge in [-0.15, -0.1) is 0 Å². The van der Waals surface area contributed by atoms with Crippen LogP contribution in [-0.2, 0) is 0 Å². The van der Waals surface area contributed by atoms with Crippen molar-refractivity contribution < 1.29 is 15.3 Å². The molecule has 0 spiro atoms.